The van der Waals surface area contributed by atoms with Crippen LogP contribution >= 0.6 is 0 Å². The summed E-state index contributed by atoms with van der Waals surface area (Å²) < 4.78 is 76.5. The fourth-order valence-corrected chi connectivity index (χ4v) is 2.70. The van der Waals surface area contributed by atoms with Gasteiger partial charge in [0.15, 0.2) is 0 Å². The predicted molar refractivity (Wildman–Crippen MR) is 70.4 cm³/mol. The molecule has 1 atom stereocenters. The quantitative estimate of drug-likeness (QED) is 0.797. The Labute approximate surface area is 124 Å². The summed E-state index contributed by atoms with van der Waals surface area (Å²) in [5, 5.41) is 3.18. The zero-order valence-electron chi connectivity index (χ0n) is 11.8. The SMILES string of the molecule is FC(F)(F)c1cc(CCC2CCCNC2)cc(C(F)(F)F)c1. The van der Waals surface area contributed by atoms with Crippen LogP contribution in [0, 0.1) is 5.92 Å². The van der Waals surface area contributed by atoms with E-state index in [2.05, 4.69) is 5.32 Å². The molecule has 0 aliphatic carbocycles. The molecule has 2 rings (SSSR count). The average Bonchev–Trinajstić information content (AvgIpc) is 2.44. The number of aryl methyl sites for hydroxylation is 1. The van der Waals surface area contributed by atoms with Gasteiger partial charge in [-0.1, -0.05) is 0 Å². The molecule has 1 N–H and O–H groups in total. The van der Waals surface area contributed by atoms with Crippen molar-refractivity contribution in [1.82, 2.24) is 5.32 Å². The molecule has 1 aromatic carbocycles. The molecule has 0 amide bonds. The van der Waals surface area contributed by atoms with E-state index in [1.807, 2.05) is 0 Å². The van der Waals surface area contributed by atoms with Crippen LogP contribution in [-0.4, -0.2) is 13.1 Å². The van der Waals surface area contributed by atoms with Crippen molar-refractivity contribution in [2.24, 2.45) is 5.92 Å². The Morgan fingerprint density at radius 1 is 0.955 bits per heavy atom. The first-order chi connectivity index (χ1) is 10.2. The molecule has 7 heteroatoms. The standard InChI is InChI=1S/C15H17F6N/c16-14(17,18)12-6-11(7-13(8-12)15(19,20)21)4-3-10-2-1-5-22-9-10/h6-8,10,22H,1-5,9H2. The summed E-state index contributed by atoms with van der Waals surface area (Å²) in [6.45, 7) is 1.68. The van der Waals surface area contributed by atoms with Crippen molar-refractivity contribution in [1.29, 1.82) is 0 Å². The Morgan fingerprint density at radius 2 is 1.55 bits per heavy atom. The highest BCUT2D eigenvalue weighted by Crippen LogP contribution is 2.36. The Hall–Kier alpha value is -1.24. The molecule has 22 heavy (non-hydrogen) atoms. The first-order valence-corrected chi connectivity index (χ1v) is 7.15. The molecule has 0 aromatic heterocycles. The van der Waals surface area contributed by atoms with Crippen LogP contribution in [0.15, 0.2) is 18.2 Å². The van der Waals surface area contributed by atoms with Gasteiger partial charge in [0.05, 0.1) is 11.1 Å². The lowest BCUT2D eigenvalue weighted by molar-refractivity contribution is -0.143. The molecule has 1 aromatic rings. The normalized spacial score (nSPS) is 20.2. The highest BCUT2D eigenvalue weighted by molar-refractivity contribution is 5.33. The summed E-state index contributed by atoms with van der Waals surface area (Å²) in [5.74, 6) is 0.303. The second kappa shape index (κ2) is 6.48. The van der Waals surface area contributed by atoms with E-state index < -0.39 is 23.5 Å². The molecule has 0 bridgehead atoms. The van der Waals surface area contributed by atoms with Gasteiger partial charge < -0.3 is 5.32 Å². The largest absolute Gasteiger partial charge is 0.416 e. The van der Waals surface area contributed by atoms with Crippen molar-refractivity contribution in [3.8, 4) is 0 Å². The van der Waals surface area contributed by atoms with E-state index in [1.54, 1.807) is 0 Å². The first-order valence-electron chi connectivity index (χ1n) is 7.15. The predicted octanol–water partition coefficient (Wildman–Crippen LogP) is 4.66. The van der Waals surface area contributed by atoms with Crippen molar-refractivity contribution in [2.45, 2.75) is 38.0 Å². The van der Waals surface area contributed by atoms with E-state index in [-0.39, 0.29) is 18.1 Å². The van der Waals surface area contributed by atoms with Crippen LogP contribution in [-0.2, 0) is 18.8 Å². The molecule has 1 aliphatic heterocycles. The molecule has 1 heterocycles. The minimum absolute atomic E-state index is 0.0905. The van der Waals surface area contributed by atoms with E-state index in [0.29, 0.717) is 12.3 Å². The molecule has 0 saturated carbocycles. The van der Waals surface area contributed by atoms with Gasteiger partial charge in [-0.15, -0.1) is 0 Å². The number of benzene rings is 1. The van der Waals surface area contributed by atoms with Crippen molar-refractivity contribution in [2.75, 3.05) is 13.1 Å². The number of hydrogen-bond acceptors (Lipinski definition) is 1. The molecule has 0 spiro atoms. The Bertz CT molecular complexity index is 467. The highest BCUT2D eigenvalue weighted by Gasteiger charge is 2.36. The Morgan fingerprint density at radius 3 is 2.00 bits per heavy atom. The van der Waals surface area contributed by atoms with Crippen LogP contribution in [0.5, 0.6) is 0 Å². The van der Waals surface area contributed by atoms with Gasteiger partial charge in [-0.2, -0.15) is 26.3 Å². The van der Waals surface area contributed by atoms with Crippen molar-refractivity contribution < 1.29 is 26.3 Å². The van der Waals surface area contributed by atoms with Crippen LogP contribution < -0.4 is 5.32 Å². The minimum Gasteiger partial charge on any atom is -0.316 e. The third kappa shape index (κ3) is 4.63. The van der Waals surface area contributed by atoms with E-state index in [9.17, 15) is 26.3 Å². The van der Waals surface area contributed by atoms with Crippen molar-refractivity contribution in [3.63, 3.8) is 0 Å². The molecular formula is C15H17F6N. The highest BCUT2D eigenvalue weighted by atomic mass is 19.4. The summed E-state index contributed by atoms with van der Waals surface area (Å²) >= 11 is 0. The van der Waals surface area contributed by atoms with Gasteiger partial charge in [0.1, 0.15) is 0 Å². The second-order valence-electron chi connectivity index (χ2n) is 5.67. The second-order valence-corrected chi connectivity index (χ2v) is 5.67. The van der Waals surface area contributed by atoms with Crippen LogP contribution in [0.25, 0.3) is 0 Å². The van der Waals surface area contributed by atoms with Gasteiger partial charge in [-0.3, -0.25) is 0 Å². The maximum Gasteiger partial charge on any atom is 0.416 e. The minimum atomic E-state index is -4.78. The molecule has 1 aliphatic rings. The third-order valence-corrected chi connectivity index (χ3v) is 3.89. The smallest absolute Gasteiger partial charge is 0.316 e. The molecule has 124 valence electrons. The molecule has 0 radical (unpaired) electrons. The van der Waals surface area contributed by atoms with Crippen LogP contribution in [0.3, 0.4) is 0 Å². The van der Waals surface area contributed by atoms with Crippen LogP contribution in [0.4, 0.5) is 26.3 Å². The number of hydrogen-bond donors (Lipinski definition) is 1. The summed E-state index contributed by atoms with van der Waals surface area (Å²) in [6.07, 6.45) is -6.80. The van der Waals surface area contributed by atoms with E-state index in [0.717, 1.165) is 38.1 Å². The third-order valence-electron chi connectivity index (χ3n) is 3.89. The number of halogens is 6. The summed E-state index contributed by atoms with van der Waals surface area (Å²) in [6, 6.07) is 1.82. The van der Waals surface area contributed by atoms with Crippen molar-refractivity contribution >= 4 is 0 Å². The maximum atomic E-state index is 12.8. The van der Waals surface area contributed by atoms with Gasteiger partial charge in [0.2, 0.25) is 0 Å². The zero-order chi connectivity index (χ0) is 16.4. The summed E-state index contributed by atoms with van der Waals surface area (Å²) in [4.78, 5) is 0. The lowest BCUT2D eigenvalue weighted by Gasteiger charge is -2.23. The van der Waals surface area contributed by atoms with E-state index in [4.69, 9.17) is 0 Å². The average molecular weight is 325 g/mol. The molecule has 1 unspecified atom stereocenters. The fraction of sp³-hybridized carbons (Fsp3) is 0.600. The lowest BCUT2D eigenvalue weighted by Crippen LogP contribution is -2.29. The van der Waals surface area contributed by atoms with Crippen LogP contribution in [0.1, 0.15) is 36.0 Å². The van der Waals surface area contributed by atoms with Gasteiger partial charge in [0.25, 0.3) is 0 Å². The van der Waals surface area contributed by atoms with Crippen molar-refractivity contribution in [3.05, 3.63) is 34.9 Å². The van der Waals surface area contributed by atoms with E-state index >= 15 is 0 Å². The topological polar surface area (TPSA) is 12.0 Å². The fourth-order valence-electron chi connectivity index (χ4n) is 2.70. The number of piperidine rings is 1. The maximum absolute atomic E-state index is 12.8. The molecule has 1 fully saturated rings. The van der Waals surface area contributed by atoms with Gasteiger partial charge in [-0.25, -0.2) is 0 Å². The summed E-state index contributed by atoms with van der Waals surface area (Å²) in [5.41, 5.74) is -2.38. The van der Waals surface area contributed by atoms with Gasteiger partial charge in [-0.05, 0) is 68.5 Å². The zero-order valence-corrected chi connectivity index (χ0v) is 11.8. The lowest BCUT2D eigenvalue weighted by atomic mass is 9.91. The number of rotatable bonds is 3. The molecule has 1 nitrogen and oxygen atoms in total. The van der Waals surface area contributed by atoms with E-state index in [1.165, 1.54) is 0 Å². The summed E-state index contributed by atoms with van der Waals surface area (Å²) in [7, 11) is 0. The van der Waals surface area contributed by atoms with Gasteiger partial charge >= 0.3 is 12.4 Å². The van der Waals surface area contributed by atoms with Gasteiger partial charge in [0, 0.05) is 0 Å². The Kier molecular flexibility index (Phi) is 5.04. The first kappa shape index (κ1) is 17.1. The Balaban J connectivity index is 2.18. The number of nitrogens with one attached hydrogen (secondary N) is 1. The number of alkyl halides is 6. The molecular weight excluding hydrogens is 308 g/mol. The molecule has 1 saturated heterocycles. The monoisotopic (exact) mass is 325 g/mol. The van der Waals surface area contributed by atoms with Crippen LogP contribution in [0.2, 0.25) is 0 Å².